The van der Waals surface area contributed by atoms with Crippen LogP contribution in [0, 0.1) is 5.92 Å². The van der Waals surface area contributed by atoms with Crippen molar-refractivity contribution in [3.8, 4) is 17.2 Å². The lowest BCUT2D eigenvalue weighted by Gasteiger charge is -2.23. The zero-order valence-corrected chi connectivity index (χ0v) is 28.7. The van der Waals surface area contributed by atoms with Gasteiger partial charge >= 0.3 is 5.91 Å². The Bertz CT molecular complexity index is 1860. The maximum Gasteiger partial charge on any atom is 0.301 e. The number of carbonyl (C=O) groups excluding carboxylic acids is 2. The Morgan fingerprint density at radius 3 is 2.70 bits per heavy atom. The van der Waals surface area contributed by atoms with E-state index < -0.39 is 17.7 Å². The van der Waals surface area contributed by atoms with Crippen molar-refractivity contribution in [1.82, 2.24) is 10.2 Å². The number of thioether (sulfide) groups is 1. The number of hydrogen-bond acceptors (Lipinski definition) is 10. The molecule has 9 nitrogen and oxygen atoms in total. The molecule has 1 fully saturated rings. The lowest BCUT2D eigenvalue weighted by atomic mass is 9.94. The Kier molecular flexibility index (Phi) is 9.77. The number of methoxy groups -OCH3 is 1. The van der Waals surface area contributed by atoms with Gasteiger partial charge < -0.3 is 19.3 Å². The lowest BCUT2D eigenvalue weighted by molar-refractivity contribution is -0.132. The SMILES string of the molecule is COc1cc(C2/C(=C(\O)c3ccc4c(c3)CC(C)O4)C(=O)C(=O)N2c2nnc(SCc3ccccc3Cl)s2)ccc1OCCC(C)C. The number of nitrogens with zero attached hydrogens (tertiary/aromatic N) is 3. The third-order valence-electron chi connectivity index (χ3n) is 7.98. The van der Waals surface area contributed by atoms with Gasteiger partial charge in [0.1, 0.15) is 17.6 Å². The van der Waals surface area contributed by atoms with Crippen LogP contribution in [0.15, 0.2) is 70.6 Å². The van der Waals surface area contributed by atoms with E-state index >= 15 is 0 Å². The summed E-state index contributed by atoms with van der Waals surface area (Å²) in [5.41, 5.74) is 2.75. The molecule has 2 unspecified atom stereocenters. The van der Waals surface area contributed by atoms with Gasteiger partial charge in [-0.1, -0.05) is 72.8 Å². The number of halogens is 1. The lowest BCUT2D eigenvalue weighted by Crippen LogP contribution is -2.29. The standard InChI is InChI=1S/C35H34ClN3O6S2/c1-19(2)13-14-44-27-12-9-21(17-28(27)43-4)30-29(31(40)22-10-11-26-24(16-22)15-20(3)45-26)32(41)33(42)39(30)34-37-38-35(47-34)46-18-23-7-5-6-8-25(23)36/h5-12,16-17,19-20,30,40H,13-15,18H2,1-4H3/b31-29+. The number of hydrogen-bond donors (Lipinski definition) is 1. The van der Waals surface area contributed by atoms with E-state index in [9.17, 15) is 14.7 Å². The number of ketones is 1. The summed E-state index contributed by atoms with van der Waals surface area (Å²) in [6.45, 7) is 6.72. The molecule has 1 amide bonds. The topological polar surface area (TPSA) is 111 Å². The molecule has 4 aromatic rings. The number of fused-ring (bicyclic) bond motifs is 1. The quantitative estimate of drug-likeness (QED) is 0.0552. The normalized spacial score (nSPS) is 18.5. The van der Waals surface area contributed by atoms with Gasteiger partial charge in [-0.25, -0.2) is 0 Å². The zero-order valence-electron chi connectivity index (χ0n) is 26.4. The van der Waals surface area contributed by atoms with Crippen LogP contribution in [0.25, 0.3) is 5.76 Å². The number of amides is 1. The van der Waals surface area contributed by atoms with E-state index in [1.165, 1.54) is 35.1 Å². The highest BCUT2D eigenvalue weighted by Crippen LogP contribution is 2.46. The first-order chi connectivity index (χ1) is 22.6. The highest BCUT2D eigenvalue weighted by molar-refractivity contribution is 8.00. The minimum Gasteiger partial charge on any atom is -0.507 e. The summed E-state index contributed by atoms with van der Waals surface area (Å²) in [5.74, 6) is 0.802. The van der Waals surface area contributed by atoms with Crippen LogP contribution in [-0.2, 0) is 21.8 Å². The average molecular weight is 692 g/mol. The van der Waals surface area contributed by atoms with Gasteiger partial charge in [0.05, 0.1) is 25.3 Å². The fourth-order valence-corrected chi connectivity index (χ4v) is 7.71. The smallest absolute Gasteiger partial charge is 0.301 e. The first kappa shape index (κ1) is 32.9. The number of rotatable bonds is 11. The number of benzene rings is 3. The Morgan fingerprint density at radius 2 is 1.94 bits per heavy atom. The monoisotopic (exact) mass is 691 g/mol. The summed E-state index contributed by atoms with van der Waals surface area (Å²) >= 11 is 8.96. The van der Waals surface area contributed by atoms with E-state index in [2.05, 4.69) is 24.0 Å². The van der Waals surface area contributed by atoms with Crippen molar-refractivity contribution < 1.29 is 28.9 Å². The summed E-state index contributed by atoms with van der Waals surface area (Å²) in [6, 6.07) is 17.1. The van der Waals surface area contributed by atoms with Gasteiger partial charge in [0, 0.05) is 22.8 Å². The number of Topliss-reactive ketones (excluding diaryl/α,β-unsaturated/α-hetero) is 1. The number of ether oxygens (including phenoxy) is 3. The summed E-state index contributed by atoms with van der Waals surface area (Å²) in [7, 11) is 1.53. The fourth-order valence-electron chi connectivity index (χ4n) is 5.56. The Labute approximate surface area is 286 Å². The molecule has 0 spiro atoms. The molecule has 6 rings (SSSR count). The van der Waals surface area contributed by atoms with Gasteiger partial charge in [-0.15, -0.1) is 10.2 Å². The molecule has 3 aromatic carbocycles. The van der Waals surface area contributed by atoms with Crippen molar-refractivity contribution in [3.05, 3.63) is 93.5 Å². The first-order valence-electron chi connectivity index (χ1n) is 15.3. The van der Waals surface area contributed by atoms with Crippen molar-refractivity contribution in [2.75, 3.05) is 18.6 Å². The summed E-state index contributed by atoms with van der Waals surface area (Å²) < 4.78 is 18.1. The van der Waals surface area contributed by atoms with Crippen LogP contribution in [0.4, 0.5) is 5.13 Å². The number of aliphatic hydroxyl groups is 1. The zero-order chi connectivity index (χ0) is 33.2. The molecule has 3 heterocycles. The highest BCUT2D eigenvalue weighted by atomic mass is 35.5. The van der Waals surface area contributed by atoms with Crippen LogP contribution < -0.4 is 19.1 Å². The second kappa shape index (κ2) is 14.0. The molecule has 1 saturated heterocycles. The molecule has 2 aliphatic rings. The van der Waals surface area contributed by atoms with E-state index in [0.29, 0.717) is 56.7 Å². The van der Waals surface area contributed by atoms with Crippen molar-refractivity contribution >= 4 is 57.3 Å². The minimum atomic E-state index is -1.01. The predicted molar refractivity (Wildman–Crippen MR) is 184 cm³/mol. The van der Waals surface area contributed by atoms with E-state index in [1.807, 2.05) is 31.2 Å². The molecule has 244 valence electrons. The molecule has 2 atom stereocenters. The second-order valence-electron chi connectivity index (χ2n) is 11.8. The molecule has 0 saturated carbocycles. The fraction of sp³-hybridized carbons (Fsp3) is 0.314. The van der Waals surface area contributed by atoms with Gasteiger partial charge in [0.2, 0.25) is 5.13 Å². The molecular weight excluding hydrogens is 658 g/mol. The third-order valence-corrected chi connectivity index (χ3v) is 10.5. The van der Waals surface area contributed by atoms with E-state index in [1.54, 1.807) is 36.4 Å². The van der Waals surface area contributed by atoms with Crippen LogP contribution in [0.3, 0.4) is 0 Å². The second-order valence-corrected chi connectivity index (χ2v) is 14.4. The van der Waals surface area contributed by atoms with Crippen LogP contribution in [0.2, 0.25) is 5.02 Å². The molecule has 47 heavy (non-hydrogen) atoms. The van der Waals surface area contributed by atoms with Crippen molar-refractivity contribution in [2.24, 2.45) is 5.92 Å². The molecule has 0 aliphatic carbocycles. The van der Waals surface area contributed by atoms with Gasteiger partial charge in [-0.3, -0.25) is 14.5 Å². The van der Waals surface area contributed by atoms with Gasteiger partial charge in [0.25, 0.3) is 5.78 Å². The largest absolute Gasteiger partial charge is 0.507 e. The maximum atomic E-state index is 13.8. The van der Waals surface area contributed by atoms with Gasteiger partial charge in [-0.05, 0) is 72.4 Å². The summed E-state index contributed by atoms with van der Waals surface area (Å²) in [5, 5.41) is 21.2. The number of aliphatic hydroxyl groups excluding tert-OH is 1. The number of aromatic nitrogens is 2. The van der Waals surface area contributed by atoms with Gasteiger partial charge in [0.15, 0.2) is 15.8 Å². The van der Waals surface area contributed by atoms with Crippen molar-refractivity contribution in [1.29, 1.82) is 0 Å². The van der Waals surface area contributed by atoms with E-state index in [0.717, 1.165) is 23.3 Å². The van der Waals surface area contributed by atoms with E-state index in [4.69, 9.17) is 25.8 Å². The van der Waals surface area contributed by atoms with Gasteiger partial charge in [-0.2, -0.15) is 0 Å². The predicted octanol–water partition coefficient (Wildman–Crippen LogP) is 7.87. The number of anilines is 1. The average Bonchev–Trinajstić information content (AvgIpc) is 3.75. The van der Waals surface area contributed by atoms with Crippen LogP contribution >= 0.6 is 34.7 Å². The van der Waals surface area contributed by atoms with E-state index in [-0.39, 0.29) is 22.6 Å². The Hall–Kier alpha value is -4.06. The molecular formula is C35H34ClN3O6S2. The highest BCUT2D eigenvalue weighted by Gasteiger charge is 2.48. The Balaban J connectivity index is 1.40. The maximum absolute atomic E-state index is 13.8. The van der Waals surface area contributed by atoms with Crippen LogP contribution in [0.1, 0.15) is 55.5 Å². The van der Waals surface area contributed by atoms with Crippen molar-refractivity contribution in [2.45, 2.75) is 55.9 Å². The number of carbonyl (C=O) groups is 2. The van der Waals surface area contributed by atoms with Crippen LogP contribution in [-0.4, -0.2) is 46.8 Å². The molecule has 0 radical (unpaired) electrons. The molecule has 12 heteroatoms. The first-order valence-corrected chi connectivity index (χ1v) is 17.4. The molecule has 0 bridgehead atoms. The minimum absolute atomic E-state index is 0.00379. The summed E-state index contributed by atoms with van der Waals surface area (Å²) in [6.07, 6.45) is 1.54. The Morgan fingerprint density at radius 1 is 1.13 bits per heavy atom. The molecule has 2 aliphatic heterocycles. The van der Waals surface area contributed by atoms with Crippen molar-refractivity contribution in [3.63, 3.8) is 0 Å². The molecule has 1 N–H and O–H groups in total. The summed E-state index contributed by atoms with van der Waals surface area (Å²) in [4.78, 5) is 28.9. The third kappa shape index (κ3) is 6.83. The van der Waals surface area contributed by atoms with Crippen LogP contribution in [0.5, 0.6) is 17.2 Å². The molecule has 1 aromatic heterocycles.